The van der Waals surface area contributed by atoms with E-state index in [-0.39, 0.29) is 6.61 Å². The second-order valence-corrected chi connectivity index (χ2v) is 4.24. The van der Waals surface area contributed by atoms with Gasteiger partial charge >= 0.3 is 5.69 Å². The summed E-state index contributed by atoms with van der Waals surface area (Å²) in [4.78, 5) is 24.8. The quantitative estimate of drug-likeness (QED) is 0.540. The van der Waals surface area contributed by atoms with Crippen molar-refractivity contribution < 1.29 is 19.7 Å². The first kappa shape index (κ1) is 14.5. The molecule has 1 saturated heterocycles. The number of terminal acetylenes is 1. The molecule has 0 spiro atoms. The predicted octanol–water partition coefficient (Wildman–Crippen LogP) is -2.19. The summed E-state index contributed by atoms with van der Waals surface area (Å²) in [7, 11) is 0. The van der Waals surface area contributed by atoms with Crippen LogP contribution in [0, 0.1) is 12.3 Å². The van der Waals surface area contributed by atoms with Gasteiger partial charge in [-0.05, 0) is 0 Å². The molecular formula is C12H14N2O6. The maximum atomic E-state index is 11.7. The fourth-order valence-electron chi connectivity index (χ4n) is 2.05. The Morgan fingerprint density at radius 2 is 2.30 bits per heavy atom. The van der Waals surface area contributed by atoms with Gasteiger partial charge in [0.25, 0.3) is 5.56 Å². The van der Waals surface area contributed by atoms with Crippen LogP contribution in [-0.2, 0) is 9.47 Å². The average Bonchev–Trinajstić information content (AvgIpc) is 2.73. The number of nitrogens with zero attached hydrogens (tertiary/aromatic N) is 1. The first-order valence-electron chi connectivity index (χ1n) is 5.89. The number of ether oxygens (including phenoxy) is 2. The fourth-order valence-corrected chi connectivity index (χ4v) is 2.05. The third kappa shape index (κ3) is 2.66. The minimum absolute atomic E-state index is 0.0855. The molecule has 1 aliphatic heterocycles. The summed E-state index contributed by atoms with van der Waals surface area (Å²) in [6, 6.07) is 1.14. The monoisotopic (exact) mass is 282 g/mol. The largest absolute Gasteiger partial charge is 0.394 e. The van der Waals surface area contributed by atoms with E-state index in [0.29, 0.717) is 0 Å². The Morgan fingerprint density at radius 3 is 2.90 bits per heavy atom. The van der Waals surface area contributed by atoms with E-state index >= 15 is 0 Å². The van der Waals surface area contributed by atoms with Crippen LogP contribution in [0.2, 0.25) is 0 Å². The van der Waals surface area contributed by atoms with Gasteiger partial charge in [-0.3, -0.25) is 14.3 Å². The molecule has 1 aliphatic rings. The number of aromatic nitrogens is 2. The molecule has 0 aliphatic carbocycles. The zero-order valence-corrected chi connectivity index (χ0v) is 10.4. The van der Waals surface area contributed by atoms with Crippen LogP contribution in [0.25, 0.3) is 0 Å². The van der Waals surface area contributed by atoms with Crippen LogP contribution in [0.1, 0.15) is 6.23 Å². The minimum atomic E-state index is -1.14. The van der Waals surface area contributed by atoms with Crippen LogP contribution < -0.4 is 11.2 Å². The van der Waals surface area contributed by atoms with E-state index in [1.165, 1.54) is 6.20 Å². The molecule has 0 radical (unpaired) electrons. The lowest BCUT2D eigenvalue weighted by Crippen LogP contribution is -2.39. The van der Waals surface area contributed by atoms with Gasteiger partial charge in [0.15, 0.2) is 6.23 Å². The summed E-state index contributed by atoms with van der Waals surface area (Å²) >= 11 is 0. The van der Waals surface area contributed by atoms with Gasteiger partial charge in [0.05, 0.1) is 6.61 Å². The second kappa shape index (κ2) is 6.02. The highest BCUT2D eigenvalue weighted by Gasteiger charge is 2.45. The van der Waals surface area contributed by atoms with Crippen LogP contribution in [0.3, 0.4) is 0 Å². The summed E-state index contributed by atoms with van der Waals surface area (Å²) < 4.78 is 11.7. The molecule has 4 atom stereocenters. The number of hydrogen-bond donors (Lipinski definition) is 3. The van der Waals surface area contributed by atoms with Crippen LogP contribution in [0.15, 0.2) is 21.9 Å². The van der Waals surface area contributed by atoms with Crippen molar-refractivity contribution in [2.45, 2.75) is 24.5 Å². The highest BCUT2D eigenvalue weighted by Crippen LogP contribution is 2.30. The maximum absolute atomic E-state index is 11.7. The average molecular weight is 282 g/mol. The molecule has 108 valence electrons. The van der Waals surface area contributed by atoms with Crippen molar-refractivity contribution in [3.05, 3.63) is 33.1 Å². The zero-order chi connectivity index (χ0) is 14.7. The smallest absolute Gasteiger partial charge is 0.330 e. The SMILES string of the molecule is C#CCOC1C(O)[C@@H](CO)O[C@H]1n1ccc(=O)[nH]c1=O. The molecule has 3 N–H and O–H groups in total. The summed E-state index contributed by atoms with van der Waals surface area (Å²) in [6.45, 7) is -0.524. The standard InChI is InChI=1S/C12H14N2O6/c1-2-5-19-10-9(17)7(6-15)20-11(10)14-4-3-8(16)13-12(14)18/h1,3-4,7,9-11,15,17H,5-6H2,(H,13,16,18)/t7-,9?,10?,11-/m1/s1. The molecule has 2 heterocycles. The molecule has 20 heavy (non-hydrogen) atoms. The van der Waals surface area contributed by atoms with Gasteiger partial charge in [-0.2, -0.15) is 0 Å². The Kier molecular flexibility index (Phi) is 4.36. The second-order valence-electron chi connectivity index (χ2n) is 4.24. The van der Waals surface area contributed by atoms with Gasteiger partial charge in [-0.1, -0.05) is 5.92 Å². The minimum Gasteiger partial charge on any atom is -0.394 e. The van der Waals surface area contributed by atoms with Crippen molar-refractivity contribution >= 4 is 0 Å². The molecule has 1 aromatic heterocycles. The Bertz CT molecular complexity index is 615. The highest BCUT2D eigenvalue weighted by molar-refractivity contribution is 4.95. The van der Waals surface area contributed by atoms with E-state index in [0.717, 1.165) is 10.6 Å². The summed E-state index contributed by atoms with van der Waals surface area (Å²) in [5, 5.41) is 19.1. The summed E-state index contributed by atoms with van der Waals surface area (Å²) in [5.74, 6) is 2.25. The molecule has 8 heteroatoms. The number of nitrogens with one attached hydrogen (secondary N) is 1. The van der Waals surface area contributed by atoms with E-state index in [4.69, 9.17) is 21.0 Å². The molecule has 1 fully saturated rings. The van der Waals surface area contributed by atoms with Crippen molar-refractivity contribution in [2.24, 2.45) is 0 Å². The summed E-state index contributed by atoms with van der Waals surface area (Å²) in [5.41, 5.74) is -1.26. The molecule has 0 saturated carbocycles. The normalized spacial score (nSPS) is 29.2. The number of aromatic amines is 1. The first-order chi connectivity index (χ1) is 9.58. The molecule has 2 rings (SSSR count). The number of rotatable bonds is 4. The van der Waals surface area contributed by atoms with Gasteiger partial charge in [0.2, 0.25) is 0 Å². The third-order valence-electron chi connectivity index (χ3n) is 2.98. The van der Waals surface area contributed by atoms with E-state index < -0.39 is 42.4 Å². The Morgan fingerprint density at radius 1 is 1.55 bits per heavy atom. The van der Waals surface area contributed by atoms with Crippen molar-refractivity contribution in [1.29, 1.82) is 0 Å². The Labute approximate surface area is 113 Å². The topological polar surface area (TPSA) is 114 Å². The Hall–Kier alpha value is -1.92. The first-order valence-corrected chi connectivity index (χ1v) is 5.89. The molecule has 0 aromatic carbocycles. The predicted molar refractivity (Wildman–Crippen MR) is 66.9 cm³/mol. The van der Waals surface area contributed by atoms with Crippen molar-refractivity contribution in [2.75, 3.05) is 13.2 Å². The van der Waals surface area contributed by atoms with Gasteiger partial charge in [0.1, 0.15) is 24.9 Å². The lowest BCUT2D eigenvalue weighted by molar-refractivity contribution is -0.0677. The van der Waals surface area contributed by atoms with Crippen LogP contribution in [0.4, 0.5) is 0 Å². The van der Waals surface area contributed by atoms with Gasteiger partial charge < -0.3 is 19.7 Å². The molecule has 0 amide bonds. The van der Waals surface area contributed by atoms with Crippen molar-refractivity contribution in [3.63, 3.8) is 0 Å². The van der Waals surface area contributed by atoms with Crippen molar-refractivity contribution in [3.8, 4) is 12.3 Å². The van der Waals surface area contributed by atoms with Gasteiger partial charge in [-0.15, -0.1) is 6.42 Å². The number of aliphatic hydroxyl groups is 2. The van der Waals surface area contributed by atoms with Crippen molar-refractivity contribution in [1.82, 2.24) is 9.55 Å². The third-order valence-corrected chi connectivity index (χ3v) is 2.98. The van der Waals surface area contributed by atoms with E-state index in [1.54, 1.807) is 0 Å². The van der Waals surface area contributed by atoms with E-state index in [9.17, 15) is 14.7 Å². The lowest BCUT2D eigenvalue weighted by Gasteiger charge is -2.21. The molecule has 0 bridgehead atoms. The molecule has 2 unspecified atom stereocenters. The van der Waals surface area contributed by atoms with Crippen LogP contribution in [-0.4, -0.2) is 51.3 Å². The molecule has 1 aromatic rings. The number of H-pyrrole nitrogens is 1. The summed E-state index contributed by atoms with van der Waals surface area (Å²) in [6.07, 6.45) is 2.36. The maximum Gasteiger partial charge on any atom is 0.330 e. The Balaban J connectivity index is 2.34. The van der Waals surface area contributed by atoms with Crippen LogP contribution in [0.5, 0.6) is 0 Å². The molecule has 8 nitrogen and oxygen atoms in total. The zero-order valence-electron chi connectivity index (χ0n) is 10.4. The number of hydrogen-bond acceptors (Lipinski definition) is 6. The van der Waals surface area contributed by atoms with Gasteiger partial charge in [-0.25, -0.2) is 4.79 Å². The van der Waals surface area contributed by atoms with E-state index in [1.807, 2.05) is 0 Å². The highest BCUT2D eigenvalue weighted by atomic mass is 16.6. The lowest BCUT2D eigenvalue weighted by atomic mass is 10.1. The fraction of sp³-hybridized carbons (Fsp3) is 0.500. The van der Waals surface area contributed by atoms with Gasteiger partial charge in [0, 0.05) is 12.3 Å². The van der Waals surface area contributed by atoms with Crippen LogP contribution >= 0.6 is 0 Å². The number of aliphatic hydroxyl groups excluding tert-OH is 2. The molecular weight excluding hydrogens is 268 g/mol. The van der Waals surface area contributed by atoms with E-state index in [2.05, 4.69) is 10.9 Å².